The van der Waals surface area contributed by atoms with Crippen LogP contribution < -0.4 is 0 Å². The lowest BCUT2D eigenvalue weighted by Gasteiger charge is -2.29. The third-order valence-electron chi connectivity index (χ3n) is 3.44. The van der Waals surface area contributed by atoms with Crippen LogP contribution in [0.1, 0.15) is 36.8 Å². The number of rotatable bonds is 2. The molecule has 0 spiro atoms. The SMILES string of the molecule is CC(CO)C1CCCc2ccc(F)cc21. The van der Waals surface area contributed by atoms with E-state index in [9.17, 15) is 9.50 Å². The number of hydrogen-bond donors (Lipinski definition) is 1. The van der Waals surface area contributed by atoms with E-state index in [2.05, 4.69) is 0 Å². The molecule has 1 aliphatic rings. The normalized spacial score (nSPS) is 22.2. The topological polar surface area (TPSA) is 20.2 Å². The van der Waals surface area contributed by atoms with Crippen LogP contribution in [0, 0.1) is 11.7 Å². The minimum Gasteiger partial charge on any atom is -0.396 e. The molecule has 2 rings (SSSR count). The van der Waals surface area contributed by atoms with Crippen LogP contribution in [0.15, 0.2) is 18.2 Å². The van der Waals surface area contributed by atoms with Gasteiger partial charge in [0.1, 0.15) is 5.82 Å². The zero-order chi connectivity index (χ0) is 10.8. The van der Waals surface area contributed by atoms with Crippen molar-refractivity contribution in [3.8, 4) is 0 Å². The Labute approximate surface area is 89.9 Å². The average Bonchev–Trinajstić information content (AvgIpc) is 2.27. The second-order valence-electron chi connectivity index (χ2n) is 4.50. The Morgan fingerprint density at radius 1 is 1.53 bits per heavy atom. The highest BCUT2D eigenvalue weighted by atomic mass is 19.1. The Morgan fingerprint density at radius 2 is 2.33 bits per heavy atom. The summed E-state index contributed by atoms with van der Waals surface area (Å²) in [6, 6.07) is 5.07. The highest BCUT2D eigenvalue weighted by molar-refractivity contribution is 5.33. The molecule has 0 aromatic heterocycles. The second kappa shape index (κ2) is 4.31. The van der Waals surface area contributed by atoms with E-state index in [1.807, 2.05) is 13.0 Å². The molecule has 1 aliphatic carbocycles. The zero-order valence-corrected chi connectivity index (χ0v) is 9.04. The van der Waals surface area contributed by atoms with E-state index in [0.29, 0.717) is 5.92 Å². The first-order valence-electron chi connectivity index (χ1n) is 5.61. The predicted molar refractivity (Wildman–Crippen MR) is 58.3 cm³/mol. The third-order valence-corrected chi connectivity index (χ3v) is 3.44. The van der Waals surface area contributed by atoms with Gasteiger partial charge < -0.3 is 5.11 Å². The molecule has 2 heteroatoms. The molecule has 82 valence electrons. The standard InChI is InChI=1S/C13H17FO/c1-9(8-15)12-4-2-3-10-5-6-11(14)7-13(10)12/h5-7,9,12,15H,2-4,8H2,1H3. The van der Waals surface area contributed by atoms with Gasteiger partial charge in [0, 0.05) is 6.61 Å². The Balaban J connectivity index is 2.36. The molecule has 0 radical (unpaired) electrons. The monoisotopic (exact) mass is 208 g/mol. The number of aliphatic hydroxyl groups excluding tert-OH is 1. The maximum absolute atomic E-state index is 13.2. The maximum atomic E-state index is 13.2. The molecule has 1 nitrogen and oxygen atoms in total. The van der Waals surface area contributed by atoms with Crippen LogP contribution >= 0.6 is 0 Å². The van der Waals surface area contributed by atoms with Crippen LogP contribution in [-0.2, 0) is 6.42 Å². The molecule has 2 unspecified atom stereocenters. The van der Waals surface area contributed by atoms with Crippen molar-refractivity contribution in [2.45, 2.75) is 32.1 Å². The van der Waals surface area contributed by atoms with Gasteiger partial charge in [0.05, 0.1) is 0 Å². The van der Waals surface area contributed by atoms with E-state index in [1.54, 1.807) is 6.07 Å². The number of aliphatic hydroxyl groups is 1. The van der Waals surface area contributed by atoms with Crippen LogP contribution in [0.5, 0.6) is 0 Å². The summed E-state index contributed by atoms with van der Waals surface area (Å²) in [5, 5.41) is 9.19. The zero-order valence-electron chi connectivity index (χ0n) is 9.04. The fraction of sp³-hybridized carbons (Fsp3) is 0.538. The van der Waals surface area contributed by atoms with Gasteiger partial charge in [0.2, 0.25) is 0 Å². The van der Waals surface area contributed by atoms with E-state index < -0.39 is 0 Å². The lowest BCUT2D eigenvalue weighted by molar-refractivity contribution is 0.207. The van der Waals surface area contributed by atoms with E-state index in [4.69, 9.17) is 0 Å². The van der Waals surface area contributed by atoms with Crippen LogP contribution in [0.2, 0.25) is 0 Å². The van der Waals surface area contributed by atoms with Gasteiger partial charge in [-0.3, -0.25) is 0 Å². The van der Waals surface area contributed by atoms with Gasteiger partial charge in [-0.25, -0.2) is 4.39 Å². The highest BCUT2D eigenvalue weighted by Gasteiger charge is 2.24. The summed E-state index contributed by atoms with van der Waals surface area (Å²) in [7, 11) is 0. The summed E-state index contributed by atoms with van der Waals surface area (Å²) >= 11 is 0. The fourth-order valence-electron chi connectivity index (χ4n) is 2.52. The number of halogens is 1. The van der Waals surface area contributed by atoms with E-state index in [1.165, 1.54) is 11.6 Å². The van der Waals surface area contributed by atoms with Gasteiger partial charge in [0.25, 0.3) is 0 Å². The van der Waals surface area contributed by atoms with Gasteiger partial charge >= 0.3 is 0 Å². The van der Waals surface area contributed by atoms with E-state index in [0.717, 1.165) is 24.8 Å². The molecule has 0 saturated carbocycles. The summed E-state index contributed by atoms with van der Waals surface area (Å²) in [5.41, 5.74) is 2.37. The quantitative estimate of drug-likeness (QED) is 0.792. The molecule has 2 atom stereocenters. The first-order valence-corrected chi connectivity index (χ1v) is 5.61. The van der Waals surface area contributed by atoms with Crippen molar-refractivity contribution >= 4 is 0 Å². The summed E-state index contributed by atoms with van der Waals surface area (Å²) in [4.78, 5) is 0. The number of fused-ring (bicyclic) bond motifs is 1. The number of aryl methyl sites for hydroxylation is 1. The summed E-state index contributed by atoms with van der Waals surface area (Å²) in [5.74, 6) is 0.395. The van der Waals surface area contributed by atoms with Crippen LogP contribution in [-0.4, -0.2) is 11.7 Å². The van der Waals surface area contributed by atoms with Crippen LogP contribution in [0.4, 0.5) is 4.39 Å². The predicted octanol–water partition coefficient (Wildman–Crippen LogP) is 2.87. The number of hydrogen-bond acceptors (Lipinski definition) is 1. The molecule has 0 fully saturated rings. The van der Waals surface area contributed by atoms with Gasteiger partial charge in [0.15, 0.2) is 0 Å². The van der Waals surface area contributed by atoms with Crippen molar-refractivity contribution < 1.29 is 9.50 Å². The van der Waals surface area contributed by atoms with Crippen molar-refractivity contribution in [2.24, 2.45) is 5.92 Å². The molecule has 0 saturated heterocycles. The smallest absolute Gasteiger partial charge is 0.123 e. The molecule has 15 heavy (non-hydrogen) atoms. The van der Waals surface area contributed by atoms with Gasteiger partial charge in [-0.05, 0) is 54.4 Å². The Hall–Kier alpha value is -0.890. The maximum Gasteiger partial charge on any atom is 0.123 e. The molecule has 1 N–H and O–H groups in total. The van der Waals surface area contributed by atoms with Gasteiger partial charge in [-0.15, -0.1) is 0 Å². The Morgan fingerprint density at radius 3 is 3.07 bits per heavy atom. The van der Waals surface area contributed by atoms with E-state index in [-0.39, 0.29) is 18.3 Å². The molecule has 0 heterocycles. The molecular formula is C13H17FO. The minimum atomic E-state index is -0.161. The lowest BCUT2D eigenvalue weighted by Crippen LogP contribution is -2.19. The van der Waals surface area contributed by atoms with Crippen LogP contribution in [0.25, 0.3) is 0 Å². The van der Waals surface area contributed by atoms with E-state index >= 15 is 0 Å². The summed E-state index contributed by atoms with van der Waals surface area (Å²) < 4.78 is 13.2. The first-order chi connectivity index (χ1) is 7.22. The molecule has 1 aromatic carbocycles. The molecule has 1 aromatic rings. The average molecular weight is 208 g/mol. The molecule has 0 aliphatic heterocycles. The second-order valence-corrected chi connectivity index (χ2v) is 4.50. The van der Waals surface area contributed by atoms with Crippen LogP contribution in [0.3, 0.4) is 0 Å². The van der Waals surface area contributed by atoms with Crippen molar-refractivity contribution in [1.82, 2.24) is 0 Å². The van der Waals surface area contributed by atoms with Crippen molar-refractivity contribution in [3.05, 3.63) is 35.1 Å². The molecular weight excluding hydrogens is 191 g/mol. The van der Waals surface area contributed by atoms with Crippen molar-refractivity contribution in [2.75, 3.05) is 6.61 Å². The number of benzene rings is 1. The first kappa shape index (κ1) is 10.6. The molecule has 0 amide bonds. The highest BCUT2D eigenvalue weighted by Crippen LogP contribution is 2.36. The summed E-state index contributed by atoms with van der Waals surface area (Å²) in [6.07, 6.45) is 3.26. The Bertz CT molecular complexity index is 348. The van der Waals surface area contributed by atoms with Crippen molar-refractivity contribution in [3.63, 3.8) is 0 Å². The van der Waals surface area contributed by atoms with Gasteiger partial charge in [-0.2, -0.15) is 0 Å². The minimum absolute atomic E-state index is 0.161. The lowest BCUT2D eigenvalue weighted by atomic mass is 9.76. The Kier molecular flexibility index (Phi) is 3.06. The fourth-order valence-corrected chi connectivity index (χ4v) is 2.52. The largest absolute Gasteiger partial charge is 0.396 e. The molecule has 0 bridgehead atoms. The van der Waals surface area contributed by atoms with Gasteiger partial charge in [-0.1, -0.05) is 13.0 Å². The van der Waals surface area contributed by atoms with Crippen molar-refractivity contribution in [1.29, 1.82) is 0 Å². The third kappa shape index (κ3) is 2.05. The summed E-state index contributed by atoms with van der Waals surface area (Å²) in [6.45, 7) is 2.21.